The van der Waals surface area contributed by atoms with Crippen LogP contribution in [0.25, 0.3) is 0 Å². The number of carboxylic acids is 1. The van der Waals surface area contributed by atoms with Crippen molar-refractivity contribution in [2.24, 2.45) is 0 Å². The first-order valence-corrected chi connectivity index (χ1v) is 12.8. The van der Waals surface area contributed by atoms with Crippen LogP contribution in [0.4, 0.5) is 0 Å². The van der Waals surface area contributed by atoms with E-state index in [4.69, 9.17) is 11.8 Å². The van der Waals surface area contributed by atoms with Gasteiger partial charge in [-0.2, -0.15) is 0 Å². The predicted molar refractivity (Wildman–Crippen MR) is 127 cm³/mol. The van der Waals surface area contributed by atoms with Gasteiger partial charge in [0.25, 0.3) is 0 Å². The molecule has 0 aliphatic heterocycles. The normalized spacial score (nSPS) is 12.1. The molecular formula is C24H47ClN2O3. The van der Waals surface area contributed by atoms with Gasteiger partial charge in [0.15, 0.2) is 0 Å². The van der Waals surface area contributed by atoms with E-state index in [-0.39, 0.29) is 5.91 Å². The lowest BCUT2D eigenvalue weighted by molar-refractivity contribution is -0.142. The topological polar surface area (TPSA) is 78.4 Å². The number of halogens is 1. The quantitative estimate of drug-likeness (QED) is 0.120. The van der Waals surface area contributed by atoms with Gasteiger partial charge in [-0.15, -0.1) is 0 Å². The van der Waals surface area contributed by atoms with Crippen molar-refractivity contribution in [3.05, 3.63) is 0 Å². The van der Waals surface area contributed by atoms with Gasteiger partial charge in [0, 0.05) is 13.0 Å². The smallest absolute Gasteiger partial charge is 0.326 e. The molecule has 178 valence electrons. The summed E-state index contributed by atoms with van der Waals surface area (Å²) in [6.45, 7) is 2.90. The number of hydrogen-bond donors (Lipinski definition) is 3. The summed E-state index contributed by atoms with van der Waals surface area (Å²) in [4.78, 5) is 25.7. The van der Waals surface area contributed by atoms with E-state index in [1.165, 1.54) is 83.5 Å². The Morgan fingerprint density at radius 1 is 0.733 bits per heavy atom. The molecule has 3 N–H and O–H groups in total. The molecule has 0 saturated heterocycles. The molecule has 0 aromatic carbocycles. The van der Waals surface area contributed by atoms with Crippen LogP contribution in [0, 0.1) is 0 Å². The zero-order valence-corrected chi connectivity index (χ0v) is 20.1. The van der Waals surface area contributed by atoms with Crippen molar-refractivity contribution in [3.8, 4) is 0 Å². The van der Waals surface area contributed by atoms with E-state index >= 15 is 0 Å². The fourth-order valence-corrected chi connectivity index (χ4v) is 3.85. The summed E-state index contributed by atoms with van der Waals surface area (Å²) in [5.41, 5.74) is 0. The highest BCUT2D eigenvalue weighted by Crippen LogP contribution is 2.13. The Hall–Kier alpha value is -0.810. The zero-order valence-electron chi connectivity index (χ0n) is 19.4. The summed E-state index contributed by atoms with van der Waals surface area (Å²) in [5.74, 6) is -1.11. The van der Waals surface area contributed by atoms with Crippen LogP contribution in [0.2, 0.25) is 0 Å². The first-order valence-electron chi connectivity index (χ1n) is 12.5. The van der Waals surface area contributed by atoms with Crippen LogP contribution < -0.4 is 10.2 Å². The van der Waals surface area contributed by atoms with E-state index in [1.54, 1.807) is 0 Å². The van der Waals surface area contributed by atoms with Gasteiger partial charge in [0.05, 0.1) is 0 Å². The maximum absolute atomic E-state index is 12.0. The minimum Gasteiger partial charge on any atom is -0.480 e. The molecule has 0 radical (unpaired) electrons. The van der Waals surface area contributed by atoms with E-state index in [9.17, 15) is 14.7 Å². The summed E-state index contributed by atoms with van der Waals surface area (Å²) < 4.78 is 0. The van der Waals surface area contributed by atoms with E-state index in [0.717, 1.165) is 25.7 Å². The van der Waals surface area contributed by atoms with Gasteiger partial charge in [-0.25, -0.2) is 9.63 Å². The van der Waals surface area contributed by atoms with Crippen LogP contribution in [-0.2, 0) is 9.59 Å². The van der Waals surface area contributed by atoms with Crippen molar-refractivity contribution in [1.29, 1.82) is 0 Å². The molecular weight excluding hydrogens is 400 g/mol. The van der Waals surface area contributed by atoms with Crippen LogP contribution in [-0.4, -0.2) is 29.6 Å². The van der Waals surface area contributed by atoms with Crippen LogP contribution in [0.5, 0.6) is 0 Å². The second-order valence-electron chi connectivity index (χ2n) is 8.54. The van der Waals surface area contributed by atoms with Crippen LogP contribution in [0.15, 0.2) is 0 Å². The molecule has 0 heterocycles. The Bertz CT molecular complexity index is 408. The van der Waals surface area contributed by atoms with E-state index in [1.807, 2.05) is 0 Å². The Morgan fingerprint density at radius 3 is 1.63 bits per heavy atom. The van der Waals surface area contributed by atoms with Crippen molar-refractivity contribution in [3.63, 3.8) is 0 Å². The first kappa shape index (κ1) is 29.2. The molecule has 6 heteroatoms. The maximum atomic E-state index is 12.0. The highest BCUT2D eigenvalue weighted by atomic mass is 35.5. The van der Waals surface area contributed by atoms with Crippen LogP contribution in [0.3, 0.4) is 0 Å². The SMILES string of the molecule is CCCCCCCCCCCCCCCCCC(=O)N[C@@H](CCCCNCl)C(=O)O. The number of hydrogen-bond acceptors (Lipinski definition) is 3. The standard InChI is InChI=1S/C24H47ClN2O3/c1-2-3-4-5-6-7-8-9-10-11-12-13-14-15-16-20-23(28)27-22(24(29)30)19-17-18-21-26-25/h22,26H,2-21H2,1H3,(H,27,28)(H,29,30)/t22-/m0/s1. The molecule has 0 spiro atoms. The molecule has 0 saturated carbocycles. The molecule has 0 bridgehead atoms. The Morgan fingerprint density at radius 2 is 1.20 bits per heavy atom. The predicted octanol–water partition coefficient (Wildman–Crippen LogP) is 6.73. The molecule has 0 unspecified atom stereocenters. The number of unbranched alkanes of at least 4 members (excludes halogenated alkanes) is 15. The van der Waals surface area contributed by atoms with Gasteiger partial charge >= 0.3 is 5.97 Å². The molecule has 0 fully saturated rings. The van der Waals surface area contributed by atoms with E-state index in [0.29, 0.717) is 19.4 Å². The zero-order chi connectivity index (χ0) is 22.3. The lowest BCUT2D eigenvalue weighted by atomic mass is 10.0. The van der Waals surface area contributed by atoms with Gasteiger partial charge in [-0.3, -0.25) is 4.79 Å². The average molecular weight is 447 g/mol. The van der Waals surface area contributed by atoms with Crippen LogP contribution in [0.1, 0.15) is 129 Å². The Balaban J connectivity index is 3.45. The van der Waals surface area contributed by atoms with Gasteiger partial charge in [0.1, 0.15) is 6.04 Å². The number of carbonyl (C=O) groups excluding carboxylic acids is 1. The number of carboxylic acid groups (broad SMARTS) is 1. The third-order valence-electron chi connectivity index (χ3n) is 5.65. The summed E-state index contributed by atoms with van der Waals surface area (Å²) in [6.07, 6.45) is 21.8. The van der Waals surface area contributed by atoms with Crippen molar-refractivity contribution < 1.29 is 14.7 Å². The molecule has 0 aliphatic carbocycles. The van der Waals surface area contributed by atoms with Gasteiger partial charge < -0.3 is 10.4 Å². The monoisotopic (exact) mass is 446 g/mol. The van der Waals surface area contributed by atoms with E-state index in [2.05, 4.69) is 17.1 Å². The molecule has 0 rings (SSSR count). The average Bonchev–Trinajstić information content (AvgIpc) is 2.73. The van der Waals surface area contributed by atoms with Crippen molar-refractivity contribution in [2.75, 3.05) is 6.54 Å². The lowest BCUT2D eigenvalue weighted by Crippen LogP contribution is -2.40. The Labute approximate surface area is 190 Å². The minimum atomic E-state index is -0.960. The molecule has 0 aromatic rings. The second kappa shape index (κ2) is 22.9. The summed E-state index contributed by atoms with van der Waals surface area (Å²) >= 11 is 5.38. The van der Waals surface area contributed by atoms with Gasteiger partial charge in [-0.1, -0.05) is 96.8 Å². The molecule has 1 atom stereocenters. The number of amides is 1. The number of carbonyl (C=O) groups is 2. The number of aliphatic carboxylic acids is 1. The lowest BCUT2D eigenvalue weighted by Gasteiger charge is -2.14. The van der Waals surface area contributed by atoms with Crippen molar-refractivity contribution in [1.82, 2.24) is 10.2 Å². The minimum absolute atomic E-state index is 0.146. The fraction of sp³-hybridized carbons (Fsp3) is 0.917. The fourth-order valence-electron chi connectivity index (χ4n) is 3.72. The summed E-state index contributed by atoms with van der Waals surface area (Å²) in [5, 5.41) is 11.9. The Kier molecular flexibility index (Phi) is 22.2. The molecule has 1 amide bonds. The van der Waals surface area contributed by atoms with E-state index < -0.39 is 12.0 Å². The summed E-state index contributed by atoms with van der Waals surface area (Å²) in [7, 11) is 0. The van der Waals surface area contributed by atoms with Gasteiger partial charge in [-0.05, 0) is 37.5 Å². The molecule has 5 nitrogen and oxygen atoms in total. The van der Waals surface area contributed by atoms with Crippen molar-refractivity contribution >= 4 is 23.7 Å². The third-order valence-corrected chi connectivity index (χ3v) is 5.84. The third kappa shape index (κ3) is 20.5. The number of nitrogens with one attached hydrogen (secondary N) is 2. The highest BCUT2D eigenvalue weighted by Gasteiger charge is 2.18. The van der Waals surface area contributed by atoms with Gasteiger partial charge in [0.2, 0.25) is 5.91 Å². The molecule has 0 aromatic heterocycles. The molecule has 0 aliphatic rings. The maximum Gasteiger partial charge on any atom is 0.326 e. The number of rotatable bonds is 23. The summed E-state index contributed by atoms with van der Waals surface area (Å²) in [6, 6.07) is -0.788. The second-order valence-corrected chi connectivity index (χ2v) is 8.80. The van der Waals surface area contributed by atoms with Crippen LogP contribution >= 0.6 is 11.8 Å². The van der Waals surface area contributed by atoms with Crippen molar-refractivity contribution in [2.45, 2.75) is 135 Å². The first-order chi connectivity index (χ1) is 14.6. The molecule has 30 heavy (non-hydrogen) atoms. The largest absolute Gasteiger partial charge is 0.480 e. The highest BCUT2D eigenvalue weighted by molar-refractivity contribution is 6.13.